The van der Waals surface area contributed by atoms with Gasteiger partial charge < -0.3 is 5.32 Å². The summed E-state index contributed by atoms with van der Waals surface area (Å²) in [6.07, 6.45) is 12.2. The van der Waals surface area contributed by atoms with Gasteiger partial charge in [0, 0.05) is 6.04 Å². The van der Waals surface area contributed by atoms with Crippen molar-refractivity contribution in [1.29, 1.82) is 0 Å². The van der Waals surface area contributed by atoms with Crippen molar-refractivity contribution in [3.8, 4) is 0 Å². The molecule has 0 spiro atoms. The van der Waals surface area contributed by atoms with Crippen molar-refractivity contribution in [3.05, 3.63) is 6.92 Å². The van der Waals surface area contributed by atoms with Crippen molar-refractivity contribution in [2.24, 2.45) is 0 Å². The third-order valence-electron chi connectivity index (χ3n) is 2.96. The van der Waals surface area contributed by atoms with Gasteiger partial charge in [-0.2, -0.15) is 0 Å². The van der Waals surface area contributed by atoms with E-state index in [1.165, 1.54) is 57.9 Å². The van der Waals surface area contributed by atoms with Crippen molar-refractivity contribution in [2.45, 2.75) is 63.8 Å². The molecule has 1 N–H and O–H groups in total. The van der Waals surface area contributed by atoms with E-state index in [-0.39, 0.29) is 18.9 Å². The summed E-state index contributed by atoms with van der Waals surface area (Å²) in [7, 11) is 0. The maximum atomic E-state index is 3.87. The molecular weight excluding hydrogens is 165 g/mol. The Labute approximate surface area is 102 Å². The van der Waals surface area contributed by atoms with E-state index in [9.17, 15) is 0 Å². The summed E-state index contributed by atoms with van der Waals surface area (Å²) in [6, 6.07) is 0.826. The van der Waals surface area contributed by atoms with Crippen molar-refractivity contribution in [3.63, 3.8) is 0 Å². The van der Waals surface area contributed by atoms with Crippen LogP contribution in [0.1, 0.15) is 57.8 Å². The van der Waals surface area contributed by atoms with E-state index in [4.69, 9.17) is 0 Å². The summed E-state index contributed by atoms with van der Waals surface area (Å²) < 4.78 is 0. The SMILES string of the molecule is [CH2]CCCCCC1CCCCCN1.[LiH]. The summed E-state index contributed by atoms with van der Waals surface area (Å²) in [5, 5.41) is 3.64. The molecule has 1 atom stereocenters. The first-order valence-corrected chi connectivity index (χ1v) is 5.96. The molecule has 1 radical (unpaired) electrons. The topological polar surface area (TPSA) is 12.0 Å². The number of nitrogens with one attached hydrogen (secondary N) is 1. The van der Waals surface area contributed by atoms with Crippen LogP contribution in [-0.2, 0) is 0 Å². The fourth-order valence-electron chi connectivity index (χ4n) is 2.09. The van der Waals surface area contributed by atoms with Gasteiger partial charge in [0.15, 0.2) is 0 Å². The summed E-state index contributed by atoms with van der Waals surface area (Å²) >= 11 is 0. The van der Waals surface area contributed by atoms with E-state index < -0.39 is 0 Å². The van der Waals surface area contributed by atoms with E-state index in [1.807, 2.05) is 0 Å². The molecule has 0 amide bonds. The Balaban J connectivity index is 0.00000169. The minimum atomic E-state index is 0. The van der Waals surface area contributed by atoms with Crippen LogP contribution in [-0.4, -0.2) is 31.4 Å². The quantitative estimate of drug-likeness (QED) is 0.519. The normalized spacial score (nSPS) is 22.5. The average molecular weight is 190 g/mol. The third kappa shape index (κ3) is 6.93. The van der Waals surface area contributed by atoms with Gasteiger partial charge in [-0.15, -0.1) is 0 Å². The van der Waals surface area contributed by atoms with Crippen LogP contribution in [0.4, 0.5) is 0 Å². The molecule has 0 bridgehead atoms. The van der Waals surface area contributed by atoms with Crippen LogP contribution < -0.4 is 5.32 Å². The molecule has 0 aliphatic carbocycles. The number of hydrogen-bond acceptors (Lipinski definition) is 1. The van der Waals surface area contributed by atoms with Crippen molar-refractivity contribution < 1.29 is 0 Å². The Hall–Kier alpha value is 0.557. The van der Waals surface area contributed by atoms with E-state index in [0.29, 0.717) is 0 Å². The Morgan fingerprint density at radius 3 is 2.71 bits per heavy atom. The van der Waals surface area contributed by atoms with Gasteiger partial charge in [0.2, 0.25) is 0 Å². The molecule has 0 aromatic carbocycles. The molecule has 79 valence electrons. The molecule has 1 saturated heterocycles. The Morgan fingerprint density at radius 1 is 1.07 bits per heavy atom. The molecule has 1 rings (SSSR count). The summed E-state index contributed by atoms with van der Waals surface area (Å²) in [5.41, 5.74) is 0. The van der Waals surface area contributed by atoms with E-state index in [0.717, 1.165) is 12.5 Å². The van der Waals surface area contributed by atoms with Crippen LogP contribution >= 0.6 is 0 Å². The maximum absolute atomic E-state index is 3.87. The number of hydrogen-bond donors (Lipinski definition) is 1. The fourth-order valence-corrected chi connectivity index (χ4v) is 2.09. The van der Waals surface area contributed by atoms with Crippen LogP contribution in [0.15, 0.2) is 0 Å². The van der Waals surface area contributed by atoms with Gasteiger partial charge in [-0.1, -0.05) is 45.4 Å². The fraction of sp³-hybridized carbons (Fsp3) is 0.917. The second-order valence-corrected chi connectivity index (χ2v) is 4.20. The number of unbranched alkanes of at least 4 members (excludes halogenated alkanes) is 3. The molecule has 1 fully saturated rings. The molecule has 1 nitrogen and oxygen atoms in total. The predicted molar refractivity (Wildman–Crippen MR) is 65.8 cm³/mol. The zero-order chi connectivity index (χ0) is 9.36. The molecule has 0 aromatic heterocycles. The summed E-state index contributed by atoms with van der Waals surface area (Å²) in [5.74, 6) is 0. The van der Waals surface area contributed by atoms with Crippen LogP contribution in [0.3, 0.4) is 0 Å². The van der Waals surface area contributed by atoms with Gasteiger partial charge in [-0.3, -0.25) is 0 Å². The molecular formula is C12H25LiN. The van der Waals surface area contributed by atoms with Crippen molar-refractivity contribution >= 4 is 18.9 Å². The molecule has 0 saturated carbocycles. The van der Waals surface area contributed by atoms with E-state index >= 15 is 0 Å². The van der Waals surface area contributed by atoms with Gasteiger partial charge in [0.05, 0.1) is 0 Å². The third-order valence-corrected chi connectivity index (χ3v) is 2.96. The Kier molecular flexibility index (Phi) is 10.5. The van der Waals surface area contributed by atoms with Crippen LogP contribution in [0.25, 0.3) is 0 Å². The second-order valence-electron chi connectivity index (χ2n) is 4.20. The zero-order valence-corrected chi connectivity index (χ0v) is 8.86. The van der Waals surface area contributed by atoms with Crippen LogP contribution in [0.5, 0.6) is 0 Å². The van der Waals surface area contributed by atoms with Gasteiger partial charge in [0.1, 0.15) is 0 Å². The monoisotopic (exact) mass is 190 g/mol. The molecule has 1 aliphatic heterocycles. The Bertz CT molecular complexity index is 109. The second kappa shape index (κ2) is 10.1. The molecule has 0 aromatic rings. The summed E-state index contributed by atoms with van der Waals surface area (Å²) in [4.78, 5) is 0. The molecule has 1 aliphatic rings. The number of rotatable bonds is 5. The molecule has 1 heterocycles. The van der Waals surface area contributed by atoms with Crippen LogP contribution in [0, 0.1) is 6.92 Å². The summed E-state index contributed by atoms with van der Waals surface area (Å²) in [6.45, 7) is 5.12. The van der Waals surface area contributed by atoms with E-state index in [1.54, 1.807) is 0 Å². The van der Waals surface area contributed by atoms with Crippen molar-refractivity contribution in [2.75, 3.05) is 6.54 Å². The van der Waals surface area contributed by atoms with Crippen molar-refractivity contribution in [1.82, 2.24) is 5.32 Å². The van der Waals surface area contributed by atoms with Gasteiger partial charge in [-0.25, -0.2) is 0 Å². The first-order chi connectivity index (χ1) is 6.43. The molecule has 2 heteroatoms. The van der Waals surface area contributed by atoms with E-state index in [2.05, 4.69) is 12.2 Å². The van der Waals surface area contributed by atoms with Gasteiger partial charge in [0.25, 0.3) is 0 Å². The minimum absolute atomic E-state index is 0. The molecule has 14 heavy (non-hydrogen) atoms. The van der Waals surface area contributed by atoms with Crippen LogP contribution in [0.2, 0.25) is 0 Å². The average Bonchev–Trinajstić information content (AvgIpc) is 2.41. The zero-order valence-electron chi connectivity index (χ0n) is 8.86. The Morgan fingerprint density at radius 2 is 1.93 bits per heavy atom. The van der Waals surface area contributed by atoms with Gasteiger partial charge in [-0.05, 0) is 25.8 Å². The standard InChI is InChI=1S/C12H24N.Li.H/c1-2-3-4-6-9-12-10-7-5-8-11-13-12;;/h12-13H,1-11H2;;. The predicted octanol–water partition coefficient (Wildman–Crippen LogP) is 2.65. The molecule has 1 unspecified atom stereocenters. The first kappa shape index (κ1) is 14.6. The van der Waals surface area contributed by atoms with Gasteiger partial charge >= 0.3 is 18.9 Å². The first-order valence-electron chi connectivity index (χ1n) is 5.96.